The number of alkyl halides is 1. The van der Waals surface area contributed by atoms with Crippen molar-refractivity contribution < 1.29 is 0 Å². The van der Waals surface area contributed by atoms with Crippen LogP contribution in [0.1, 0.15) is 0 Å². The smallest absolute Gasteiger partial charge is 0.0250 e. The highest BCUT2D eigenvalue weighted by Gasteiger charge is 1.83. The van der Waals surface area contributed by atoms with Gasteiger partial charge in [0.15, 0.2) is 0 Å². The summed E-state index contributed by atoms with van der Waals surface area (Å²) in [4.78, 5) is 0. The molecule has 0 saturated carbocycles. The first-order valence-electron chi connectivity index (χ1n) is 1.91. The second-order valence-corrected chi connectivity index (χ2v) is 4.88. The molecule has 0 nitrogen and oxygen atoms in total. The van der Waals surface area contributed by atoms with Gasteiger partial charge in [0, 0.05) is 25.5 Å². The van der Waals surface area contributed by atoms with Crippen LogP contribution in [0.2, 0.25) is 6.04 Å². The Kier molecular flexibility index (Phi) is 3.36. The van der Waals surface area contributed by atoms with E-state index in [1.54, 1.807) is 0 Å². The second kappa shape index (κ2) is 2.94. The van der Waals surface area contributed by atoms with Crippen LogP contribution in [-0.4, -0.2) is 25.5 Å². The lowest BCUT2D eigenvalue weighted by atomic mass is 10.9. The van der Waals surface area contributed by atoms with Gasteiger partial charge >= 0.3 is 0 Å². The van der Waals surface area contributed by atoms with Crippen molar-refractivity contribution in [1.29, 1.82) is 0 Å². The van der Waals surface area contributed by atoms with E-state index in [4.69, 9.17) is 11.6 Å². The van der Waals surface area contributed by atoms with Gasteiger partial charge in [0.2, 0.25) is 0 Å². The Hall–Kier alpha value is 0.724. The van der Waals surface area contributed by atoms with Gasteiger partial charge in [-0.2, -0.15) is 0 Å². The van der Waals surface area contributed by atoms with E-state index in [2.05, 4.69) is 0 Å². The van der Waals surface area contributed by atoms with Gasteiger partial charge in [0.25, 0.3) is 0 Å². The summed E-state index contributed by atoms with van der Waals surface area (Å²) >= 11 is 5.56. The van der Waals surface area contributed by atoms with E-state index < -0.39 is 0 Å². The molecule has 32 valence electrons. The van der Waals surface area contributed by atoms with Crippen LogP contribution in [0, 0.1) is 0 Å². The summed E-state index contributed by atoms with van der Waals surface area (Å²) in [6, 6.07) is 1.27. The molecule has 0 bridgehead atoms. The molecule has 0 N–H and O–H groups in total. The third kappa shape index (κ3) is 4.72. The Morgan fingerprint density at radius 1 is 1.80 bits per heavy atom. The maximum absolute atomic E-state index is 5.56. The van der Waals surface area contributed by atoms with Crippen LogP contribution in [0.25, 0.3) is 0 Å². The quantitative estimate of drug-likeness (QED) is 0.301. The molecule has 0 aliphatic heterocycles. The average molecular weight is 125 g/mol. The van der Waals surface area contributed by atoms with Crippen molar-refractivity contribution in [3.8, 4) is 0 Å². The summed E-state index contributed by atoms with van der Waals surface area (Å²) in [6.07, 6.45) is 0. The molecule has 0 amide bonds. The van der Waals surface area contributed by atoms with E-state index in [0.717, 1.165) is 0 Å². The van der Waals surface area contributed by atoms with Crippen molar-refractivity contribution in [2.45, 2.75) is 11.0 Å². The molecule has 0 saturated heterocycles. The van der Waals surface area contributed by atoms with E-state index in [1.165, 1.54) is 26.5 Å². The molecule has 1 unspecified atom stereocenters. The van der Waals surface area contributed by atoms with Gasteiger partial charge in [-0.15, -0.1) is 11.6 Å². The summed E-state index contributed by atoms with van der Waals surface area (Å²) in [5.74, 6) is 0. The molecule has 0 aromatic carbocycles. The van der Waals surface area contributed by atoms with Crippen molar-refractivity contribution in [2.75, 3.05) is 0 Å². The van der Waals surface area contributed by atoms with Gasteiger partial charge < -0.3 is 0 Å². The standard InChI is InChI=1S/C2H9ClSi2/c3-2(5)1-4/h2H,1H2,4-5H3. The lowest BCUT2D eigenvalue weighted by Gasteiger charge is -1.87. The lowest BCUT2D eigenvalue weighted by molar-refractivity contribution is 1.37. The van der Waals surface area contributed by atoms with E-state index >= 15 is 0 Å². The Morgan fingerprint density at radius 2 is 2.00 bits per heavy atom. The van der Waals surface area contributed by atoms with Crippen molar-refractivity contribution in [1.82, 2.24) is 0 Å². The molecule has 0 heterocycles. The molecular formula is C2H9ClSi2. The molecule has 0 aliphatic carbocycles. The number of rotatable bonds is 1. The lowest BCUT2D eigenvalue weighted by Crippen LogP contribution is -1.92. The minimum Gasteiger partial charge on any atom is -0.128 e. The van der Waals surface area contributed by atoms with Crippen LogP contribution in [0.3, 0.4) is 0 Å². The van der Waals surface area contributed by atoms with Crippen molar-refractivity contribution >= 4 is 32.1 Å². The zero-order valence-electron chi connectivity index (χ0n) is 3.66. The molecule has 0 aliphatic rings. The van der Waals surface area contributed by atoms with E-state index in [1.807, 2.05) is 0 Å². The minimum absolute atomic E-state index is 0.557. The van der Waals surface area contributed by atoms with Gasteiger partial charge in [-0.05, 0) is 0 Å². The third-order valence-corrected chi connectivity index (χ3v) is 5.06. The molecular weight excluding hydrogens is 116 g/mol. The number of hydrogen-bond donors (Lipinski definition) is 0. The van der Waals surface area contributed by atoms with E-state index in [-0.39, 0.29) is 0 Å². The molecule has 3 heteroatoms. The zero-order chi connectivity index (χ0) is 4.28. The van der Waals surface area contributed by atoms with Crippen molar-refractivity contribution in [3.63, 3.8) is 0 Å². The number of halogens is 1. The topological polar surface area (TPSA) is 0 Å². The van der Waals surface area contributed by atoms with Crippen LogP contribution in [-0.2, 0) is 0 Å². The molecule has 0 radical (unpaired) electrons. The monoisotopic (exact) mass is 124 g/mol. The predicted octanol–water partition coefficient (Wildman–Crippen LogP) is -1.30. The molecule has 1 atom stereocenters. The molecule has 0 aromatic rings. The highest BCUT2D eigenvalue weighted by Crippen LogP contribution is 1.89. The van der Waals surface area contributed by atoms with Gasteiger partial charge in [0.05, 0.1) is 0 Å². The van der Waals surface area contributed by atoms with Gasteiger partial charge in [0.1, 0.15) is 0 Å². The minimum atomic E-state index is 0.557. The molecule has 0 aromatic heterocycles. The van der Waals surface area contributed by atoms with Gasteiger partial charge in [-0.1, -0.05) is 6.04 Å². The van der Waals surface area contributed by atoms with Crippen molar-refractivity contribution in [3.05, 3.63) is 0 Å². The molecule has 0 rings (SSSR count). The fourth-order valence-electron chi connectivity index (χ4n) is 0. The zero-order valence-corrected chi connectivity index (χ0v) is 8.42. The summed E-state index contributed by atoms with van der Waals surface area (Å²) in [5.41, 5.74) is 0. The first-order valence-corrected chi connectivity index (χ1v) is 4.92. The Balaban J connectivity index is 2.54. The Labute approximate surface area is 43.7 Å². The summed E-state index contributed by atoms with van der Waals surface area (Å²) < 4.78 is 0. The summed E-state index contributed by atoms with van der Waals surface area (Å²) in [5, 5.41) is 0.557. The predicted molar refractivity (Wildman–Crippen MR) is 34.3 cm³/mol. The van der Waals surface area contributed by atoms with Gasteiger partial charge in [-0.25, -0.2) is 0 Å². The average Bonchev–Trinajstić information content (AvgIpc) is 1.38. The highest BCUT2D eigenvalue weighted by atomic mass is 35.5. The first kappa shape index (κ1) is 5.72. The van der Waals surface area contributed by atoms with Crippen LogP contribution in [0.5, 0.6) is 0 Å². The van der Waals surface area contributed by atoms with Crippen molar-refractivity contribution in [2.24, 2.45) is 0 Å². The van der Waals surface area contributed by atoms with Crippen LogP contribution >= 0.6 is 11.6 Å². The number of hydrogen-bond acceptors (Lipinski definition) is 0. The Morgan fingerprint density at radius 3 is 2.00 bits per heavy atom. The fourth-order valence-corrected chi connectivity index (χ4v) is 0. The van der Waals surface area contributed by atoms with E-state index in [9.17, 15) is 0 Å². The molecule has 0 spiro atoms. The maximum atomic E-state index is 5.56. The Bertz CT molecular complexity index is 21.6. The summed E-state index contributed by atoms with van der Waals surface area (Å²) in [7, 11) is 2.45. The third-order valence-electron chi connectivity index (χ3n) is 0.563. The summed E-state index contributed by atoms with van der Waals surface area (Å²) in [6.45, 7) is 0. The van der Waals surface area contributed by atoms with Crippen LogP contribution in [0.4, 0.5) is 0 Å². The van der Waals surface area contributed by atoms with Gasteiger partial charge in [-0.3, -0.25) is 0 Å². The first-order chi connectivity index (χ1) is 2.27. The largest absolute Gasteiger partial charge is 0.128 e. The molecule has 5 heavy (non-hydrogen) atoms. The van der Waals surface area contributed by atoms with Crippen LogP contribution in [0.15, 0.2) is 0 Å². The molecule has 0 fully saturated rings. The maximum Gasteiger partial charge on any atom is 0.0250 e. The fraction of sp³-hybridized carbons (Fsp3) is 1.00. The SMILES string of the molecule is [SiH3]CC([SiH3])Cl. The van der Waals surface area contributed by atoms with Crippen LogP contribution < -0.4 is 0 Å². The second-order valence-electron chi connectivity index (χ2n) is 1.19. The van der Waals surface area contributed by atoms with E-state index in [0.29, 0.717) is 5.00 Å². The normalized spacial score (nSPS) is 16.2. The highest BCUT2D eigenvalue weighted by molar-refractivity contribution is 6.43.